The second-order valence-corrected chi connectivity index (χ2v) is 8.30. The number of likely N-dealkylation sites (tertiary alicyclic amines) is 1. The zero-order valence-corrected chi connectivity index (χ0v) is 16.3. The van der Waals surface area contributed by atoms with Crippen molar-refractivity contribution in [2.75, 3.05) is 17.9 Å². The summed E-state index contributed by atoms with van der Waals surface area (Å²) in [7, 11) is -3.82. The van der Waals surface area contributed by atoms with E-state index in [1.807, 2.05) is 18.7 Å². The molecule has 4 N–H and O–H groups in total. The second kappa shape index (κ2) is 7.63. The van der Waals surface area contributed by atoms with Crippen molar-refractivity contribution in [2.45, 2.75) is 45.2 Å². The highest BCUT2D eigenvalue weighted by molar-refractivity contribution is 7.91. The number of hydrogen-bond donors (Lipinski definition) is 3. The summed E-state index contributed by atoms with van der Waals surface area (Å²) in [5, 5.41) is 2.93. The number of amides is 2. The van der Waals surface area contributed by atoms with Gasteiger partial charge in [0, 0.05) is 25.0 Å². The second-order valence-electron chi connectivity index (χ2n) is 6.96. The molecule has 0 spiro atoms. The van der Waals surface area contributed by atoms with Crippen LogP contribution in [0.5, 0.6) is 5.75 Å². The molecule has 2 aliphatic heterocycles. The van der Waals surface area contributed by atoms with Crippen LogP contribution < -0.4 is 20.5 Å². The summed E-state index contributed by atoms with van der Waals surface area (Å²) in [5.41, 5.74) is 6.60. The van der Waals surface area contributed by atoms with Gasteiger partial charge in [-0.05, 0) is 38.8 Å². The predicted molar refractivity (Wildman–Crippen MR) is 103 cm³/mol. The number of urea groups is 1. The first-order valence-corrected chi connectivity index (χ1v) is 10.4. The standard InChI is InChI=1S/C17H25N5O4S/c1-11(2)19-17(23)22-9-4-5-12(22)8-10-26-14-7-3-6-13-15(14)16(18)21-27(24,25)20-13/h3,6-7,11-12,20H,4-5,8-10H2,1-2H3,(H2,18,21)(H,19,23)/t12-/m1/s1. The van der Waals surface area contributed by atoms with Gasteiger partial charge in [0.1, 0.15) is 5.75 Å². The Morgan fingerprint density at radius 1 is 1.48 bits per heavy atom. The van der Waals surface area contributed by atoms with Gasteiger partial charge in [-0.15, -0.1) is 4.40 Å². The summed E-state index contributed by atoms with van der Waals surface area (Å²) in [6.45, 7) is 4.99. The van der Waals surface area contributed by atoms with Crippen LogP contribution in [-0.2, 0) is 10.2 Å². The Balaban J connectivity index is 1.64. The zero-order valence-electron chi connectivity index (χ0n) is 15.4. The van der Waals surface area contributed by atoms with Gasteiger partial charge in [0.2, 0.25) is 0 Å². The van der Waals surface area contributed by atoms with E-state index in [2.05, 4.69) is 14.4 Å². The lowest BCUT2D eigenvalue weighted by Crippen LogP contribution is -2.45. The lowest BCUT2D eigenvalue weighted by molar-refractivity contribution is 0.178. The highest BCUT2D eigenvalue weighted by Crippen LogP contribution is 2.31. The minimum Gasteiger partial charge on any atom is -0.493 e. The number of amidine groups is 1. The first kappa shape index (κ1) is 19.3. The number of rotatable bonds is 5. The van der Waals surface area contributed by atoms with Gasteiger partial charge in [-0.25, -0.2) is 4.79 Å². The van der Waals surface area contributed by atoms with Crippen LogP contribution >= 0.6 is 0 Å². The summed E-state index contributed by atoms with van der Waals surface area (Å²) >= 11 is 0. The smallest absolute Gasteiger partial charge is 0.344 e. The number of anilines is 1. The number of nitrogens with zero attached hydrogens (tertiary/aromatic N) is 2. The maximum absolute atomic E-state index is 12.3. The molecule has 27 heavy (non-hydrogen) atoms. The van der Waals surface area contributed by atoms with E-state index in [4.69, 9.17) is 10.5 Å². The van der Waals surface area contributed by atoms with Crippen molar-refractivity contribution in [1.82, 2.24) is 10.2 Å². The largest absolute Gasteiger partial charge is 0.493 e. The van der Waals surface area contributed by atoms with Gasteiger partial charge in [-0.2, -0.15) is 8.42 Å². The van der Waals surface area contributed by atoms with Crippen LogP contribution in [0, 0.1) is 0 Å². The van der Waals surface area contributed by atoms with E-state index in [0.717, 1.165) is 19.4 Å². The molecule has 0 aliphatic carbocycles. The SMILES string of the molecule is CC(C)NC(=O)N1CCC[C@@H]1CCOc1cccc2c1C(N)=NS(=O)(=O)N2. The number of benzene rings is 1. The molecular formula is C17H25N5O4S. The van der Waals surface area contributed by atoms with E-state index in [9.17, 15) is 13.2 Å². The number of ether oxygens (including phenoxy) is 1. The lowest BCUT2D eigenvalue weighted by atomic mass is 10.1. The molecule has 0 bridgehead atoms. The molecule has 0 saturated carbocycles. The highest BCUT2D eigenvalue weighted by atomic mass is 32.2. The number of nitrogens with two attached hydrogens (primary N) is 1. The van der Waals surface area contributed by atoms with Gasteiger partial charge < -0.3 is 20.7 Å². The van der Waals surface area contributed by atoms with Gasteiger partial charge in [-0.1, -0.05) is 6.07 Å². The average Bonchev–Trinajstić information content (AvgIpc) is 3.01. The maximum Gasteiger partial charge on any atom is 0.344 e. The fourth-order valence-corrected chi connectivity index (χ4v) is 4.22. The molecule has 1 aromatic carbocycles. The van der Waals surface area contributed by atoms with Crippen LogP contribution in [0.25, 0.3) is 0 Å². The molecule has 1 atom stereocenters. The van der Waals surface area contributed by atoms with Crippen molar-refractivity contribution in [3.8, 4) is 5.75 Å². The number of carbonyl (C=O) groups excluding carboxylic acids is 1. The van der Waals surface area contributed by atoms with Crippen molar-refractivity contribution in [2.24, 2.45) is 10.1 Å². The molecule has 1 aromatic rings. The van der Waals surface area contributed by atoms with Crippen molar-refractivity contribution >= 4 is 27.8 Å². The molecule has 3 rings (SSSR count). The molecule has 0 aromatic heterocycles. The summed E-state index contributed by atoms with van der Waals surface area (Å²) in [5.74, 6) is 0.366. The van der Waals surface area contributed by atoms with Crippen LogP contribution in [0.1, 0.15) is 38.7 Å². The minimum atomic E-state index is -3.82. The van der Waals surface area contributed by atoms with Gasteiger partial charge in [0.25, 0.3) is 0 Å². The Morgan fingerprint density at radius 2 is 2.26 bits per heavy atom. The molecule has 0 radical (unpaired) electrons. The van der Waals surface area contributed by atoms with Crippen LogP contribution in [0.2, 0.25) is 0 Å². The highest BCUT2D eigenvalue weighted by Gasteiger charge is 2.29. The van der Waals surface area contributed by atoms with Crippen molar-refractivity contribution < 1.29 is 17.9 Å². The molecule has 2 heterocycles. The van der Waals surface area contributed by atoms with E-state index in [-0.39, 0.29) is 24.0 Å². The van der Waals surface area contributed by atoms with Gasteiger partial charge in [-0.3, -0.25) is 4.72 Å². The van der Waals surface area contributed by atoms with Crippen LogP contribution in [0.4, 0.5) is 10.5 Å². The van der Waals surface area contributed by atoms with Crippen molar-refractivity contribution in [1.29, 1.82) is 0 Å². The predicted octanol–water partition coefficient (Wildman–Crippen LogP) is 1.41. The Kier molecular flexibility index (Phi) is 5.45. The molecule has 10 heteroatoms. The summed E-state index contributed by atoms with van der Waals surface area (Å²) in [6, 6.07) is 5.18. The monoisotopic (exact) mass is 395 g/mol. The van der Waals surface area contributed by atoms with E-state index in [0.29, 0.717) is 30.0 Å². The third kappa shape index (κ3) is 4.44. The van der Waals surface area contributed by atoms with E-state index in [1.54, 1.807) is 18.2 Å². The molecule has 1 fully saturated rings. The summed E-state index contributed by atoms with van der Waals surface area (Å²) in [6.07, 6.45) is 2.58. The Hall–Kier alpha value is -2.49. The van der Waals surface area contributed by atoms with Crippen LogP contribution in [-0.4, -0.2) is 50.4 Å². The van der Waals surface area contributed by atoms with Crippen molar-refractivity contribution in [3.05, 3.63) is 23.8 Å². The third-order valence-electron chi connectivity index (χ3n) is 4.50. The molecule has 2 amide bonds. The van der Waals surface area contributed by atoms with E-state index < -0.39 is 10.2 Å². The fourth-order valence-electron chi connectivity index (χ4n) is 3.38. The Bertz CT molecular complexity index is 853. The van der Waals surface area contributed by atoms with E-state index in [1.165, 1.54) is 0 Å². The first-order valence-electron chi connectivity index (χ1n) is 8.98. The summed E-state index contributed by atoms with van der Waals surface area (Å²) < 4.78 is 35.0. The van der Waals surface area contributed by atoms with Gasteiger partial charge in [0.05, 0.1) is 17.9 Å². The molecule has 1 saturated heterocycles. The Labute approximate surface area is 159 Å². The zero-order chi connectivity index (χ0) is 19.6. The quantitative estimate of drug-likeness (QED) is 0.695. The molecule has 148 valence electrons. The molecule has 2 aliphatic rings. The number of carbonyl (C=O) groups is 1. The Morgan fingerprint density at radius 3 is 3.00 bits per heavy atom. The third-order valence-corrected chi connectivity index (χ3v) is 5.41. The first-order chi connectivity index (χ1) is 12.8. The van der Waals surface area contributed by atoms with Crippen LogP contribution in [0.15, 0.2) is 22.6 Å². The molecule has 0 unspecified atom stereocenters. The number of fused-ring (bicyclic) bond motifs is 1. The average molecular weight is 395 g/mol. The lowest BCUT2D eigenvalue weighted by Gasteiger charge is -2.26. The normalized spacial score (nSPS) is 20.6. The van der Waals surface area contributed by atoms with Crippen LogP contribution in [0.3, 0.4) is 0 Å². The fraction of sp³-hybridized carbons (Fsp3) is 0.529. The molecular weight excluding hydrogens is 370 g/mol. The van der Waals surface area contributed by atoms with E-state index >= 15 is 0 Å². The van der Waals surface area contributed by atoms with Gasteiger partial charge in [0.15, 0.2) is 5.84 Å². The number of hydrogen-bond acceptors (Lipinski definition) is 5. The minimum absolute atomic E-state index is 0.0459. The summed E-state index contributed by atoms with van der Waals surface area (Å²) in [4.78, 5) is 14.1. The van der Waals surface area contributed by atoms with Gasteiger partial charge >= 0.3 is 16.2 Å². The number of nitrogens with one attached hydrogen (secondary N) is 2. The maximum atomic E-state index is 12.3. The molecule has 9 nitrogen and oxygen atoms in total. The topological polar surface area (TPSA) is 126 Å². The van der Waals surface area contributed by atoms with Crippen molar-refractivity contribution in [3.63, 3.8) is 0 Å².